The van der Waals surface area contributed by atoms with E-state index in [9.17, 15) is 10.1 Å². The Hall–Kier alpha value is -0.372. The quantitative estimate of drug-likeness (QED) is 0.224. The molecule has 1 rings (SSSR count). The van der Waals surface area contributed by atoms with Gasteiger partial charge in [0.25, 0.3) is 0 Å². The zero-order valence-corrected chi connectivity index (χ0v) is 16.6. The number of aromatic nitrogens is 2. The van der Waals surface area contributed by atoms with Gasteiger partial charge in [0.1, 0.15) is 0 Å². The number of hydrogen-bond donors (Lipinski definition) is 0. The molecule has 1 aromatic heterocycles. The third-order valence-corrected chi connectivity index (χ3v) is 7.32. The SMILES string of the molecule is CCSN(SCC)C(=S)c1ncnc([As](C)C)c1[N+](=O)[O-]. The Morgan fingerprint density at radius 2 is 1.95 bits per heavy atom. The van der Waals surface area contributed by atoms with E-state index in [0.29, 0.717) is 9.47 Å². The van der Waals surface area contributed by atoms with Crippen LogP contribution in [0.2, 0.25) is 11.4 Å². The molecule has 1 heterocycles. The summed E-state index contributed by atoms with van der Waals surface area (Å²) in [5.74, 6) is 1.66. The Kier molecular flexibility index (Phi) is 7.94. The molecule has 21 heavy (non-hydrogen) atoms. The first-order chi connectivity index (χ1) is 9.93. The van der Waals surface area contributed by atoms with Gasteiger partial charge in [-0.3, -0.25) is 0 Å². The topological polar surface area (TPSA) is 72.2 Å². The third kappa shape index (κ3) is 4.81. The number of hydrogen-bond acceptors (Lipinski definition) is 7. The molecule has 0 saturated carbocycles. The van der Waals surface area contributed by atoms with E-state index >= 15 is 0 Å². The van der Waals surface area contributed by atoms with Gasteiger partial charge in [-0.1, -0.05) is 0 Å². The number of rotatable bonds is 7. The minimum atomic E-state index is -1.51. The fourth-order valence-corrected chi connectivity index (χ4v) is 5.64. The molecule has 0 radical (unpaired) electrons. The van der Waals surface area contributed by atoms with Crippen LogP contribution < -0.4 is 4.48 Å². The van der Waals surface area contributed by atoms with Crippen molar-refractivity contribution in [2.45, 2.75) is 25.3 Å². The first kappa shape index (κ1) is 18.7. The number of nitro groups is 1. The van der Waals surface area contributed by atoms with Crippen LogP contribution in [0.3, 0.4) is 0 Å². The molecule has 6 nitrogen and oxygen atoms in total. The molecule has 0 atom stereocenters. The summed E-state index contributed by atoms with van der Waals surface area (Å²) in [4.78, 5) is 19.6. The molecule has 10 heteroatoms. The molecule has 0 aliphatic carbocycles. The average Bonchev–Trinajstić information content (AvgIpc) is 2.45. The summed E-state index contributed by atoms with van der Waals surface area (Å²) in [6.07, 6.45) is 1.38. The van der Waals surface area contributed by atoms with E-state index in [4.69, 9.17) is 12.2 Å². The van der Waals surface area contributed by atoms with E-state index in [-0.39, 0.29) is 11.4 Å². The Labute approximate surface area is 143 Å². The van der Waals surface area contributed by atoms with Crippen LogP contribution in [0.4, 0.5) is 5.69 Å². The van der Waals surface area contributed by atoms with E-state index in [0.717, 1.165) is 11.5 Å². The van der Waals surface area contributed by atoms with Crippen LogP contribution in [-0.2, 0) is 0 Å². The summed E-state index contributed by atoms with van der Waals surface area (Å²) >= 11 is 6.97. The standard InChI is InChI=1S/C11H17AsN4O2S3/c1-5-20-16(21-6-2)11(19)8-9(15(17)18)10(12(3)4)14-7-13-8/h7H,5-6H2,1-4H3. The molecule has 0 N–H and O–H groups in total. The van der Waals surface area contributed by atoms with E-state index < -0.39 is 19.6 Å². The van der Waals surface area contributed by atoms with Crippen molar-refractivity contribution in [3.63, 3.8) is 0 Å². The molecular weight excluding hydrogens is 391 g/mol. The van der Waals surface area contributed by atoms with Gasteiger partial charge in [-0.15, -0.1) is 0 Å². The molecule has 0 saturated heterocycles. The predicted octanol–water partition coefficient (Wildman–Crippen LogP) is 2.66. The second kappa shape index (κ2) is 8.92. The molecule has 0 aromatic carbocycles. The van der Waals surface area contributed by atoms with Crippen LogP contribution in [0, 0.1) is 10.1 Å². The Balaban J connectivity index is 3.31. The molecule has 0 aliphatic rings. The molecule has 0 fully saturated rings. The van der Waals surface area contributed by atoms with Crippen LogP contribution in [0.25, 0.3) is 0 Å². The molecular formula is C11H17AsN4O2S3. The zero-order chi connectivity index (χ0) is 16.0. The summed E-state index contributed by atoms with van der Waals surface area (Å²) in [5.41, 5.74) is 4.25. The van der Waals surface area contributed by atoms with E-state index in [2.05, 4.69) is 9.97 Å². The normalized spacial score (nSPS) is 10.7. The van der Waals surface area contributed by atoms with Gasteiger partial charge < -0.3 is 0 Å². The summed E-state index contributed by atoms with van der Waals surface area (Å²) in [6, 6.07) is 0. The summed E-state index contributed by atoms with van der Waals surface area (Å²) < 4.78 is 2.39. The van der Waals surface area contributed by atoms with E-state index in [1.54, 1.807) is 0 Å². The average molecular weight is 408 g/mol. The van der Waals surface area contributed by atoms with Gasteiger partial charge in [0, 0.05) is 0 Å². The fraction of sp³-hybridized carbons (Fsp3) is 0.545. The Morgan fingerprint density at radius 3 is 2.38 bits per heavy atom. The van der Waals surface area contributed by atoms with Gasteiger partial charge >= 0.3 is 143 Å². The molecule has 0 unspecified atom stereocenters. The Bertz CT molecular complexity index is 524. The van der Waals surface area contributed by atoms with Crippen molar-refractivity contribution in [3.8, 4) is 0 Å². The van der Waals surface area contributed by atoms with Gasteiger partial charge in [0.05, 0.1) is 0 Å². The molecule has 0 spiro atoms. The van der Waals surface area contributed by atoms with Crippen molar-refractivity contribution >= 4 is 65.9 Å². The van der Waals surface area contributed by atoms with Crippen LogP contribution >= 0.6 is 36.1 Å². The third-order valence-electron chi connectivity index (χ3n) is 2.27. The minimum absolute atomic E-state index is 0.0223. The molecule has 116 valence electrons. The molecule has 1 aromatic rings. The van der Waals surface area contributed by atoms with Gasteiger partial charge in [0.15, 0.2) is 0 Å². The van der Waals surface area contributed by atoms with Gasteiger partial charge in [-0.2, -0.15) is 0 Å². The van der Waals surface area contributed by atoms with Crippen molar-refractivity contribution in [1.29, 1.82) is 0 Å². The van der Waals surface area contributed by atoms with Crippen LogP contribution in [0.15, 0.2) is 6.33 Å². The van der Waals surface area contributed by atoms with E-state index in [1.807, 2.05) is 29.0 Å². The second-order valence-electron chi connectivity index (χ2n) is 3.94. The molecule has 0 bridgehead atoms. The number of nitrogens with zero attached hydrogens (tertiary/aromatic N) is 4. The number of thiocarbonyl (C=S) groups is 1. The molecule has 0 aliphatic heterocycles. The van der Waals surface area contributed by atoms with Gasteiger partial charge in [-0.05, 0) is 0 Å². The van der Waals surface area contributed by atoms with E-state index in [1.165, 1.54) is 30.2 Å². The van der Waals surface area contributed by atoms with Crippen molar-refractivity contribution in [2.75, 3.05) is 11.5 Å². The van der Waals surface area contributed by atoms with Crippen LogP contribution in [-0.4, -0.2) is 49.7 Å². The van der Waals surface area contributed by atoms with Gasteiger partial charge in [-0.25, -0.2) is 0 Å². The molecule has 0 amide bonds. The fourth-order valence-electron chi connectivity index (χ4n) is 1.50. The van der Waals surface area contributed by atoms with Crippen molar-refractivity contribution in [2.24, 2.45) is 0 Å². The van der Waals surface area contributed by atoms with Crippen LogP contribution in [0.1, 0.15) is 19.5 Å². The van der Waals surface area contributed by atoms with Gasteiger partial charge in [0.2, 0.25) is 0 Å². The predicted molar refractivity (Wildman–Crippen MR) is 95.6 cm³/mol. The summed E-state index contributed by atoms with van der Waals surface area (Å²) in [7, 11) is 0. The monoisotopic (exact) mass is 408 g/mol. The zero-order valence-electron chi connectivity index (χ0n) is 12.3. The first-order valence-corrected chi connectivity index (χ1v) is 13.2. The maximum absolute atomic E-state index is 11.4. The van der Waals surface area contributed by atoms with Crippen molar-refractivity contribution in [1.82, 2.24) is 13.7 Å². The summed E-state index contributed by atoms with van der Waals surface area (Å²) in [5, 5.41) is 11.4. The van der Waals surface area contributed by atoms with Crippen molar-refractivity contribution < 1.29 is 4.92 Å². The first-order valence-electron chi connectivity index (χ1n) is 6.20. The Morgan fingerprint density at radius 1 is 1.38 bits per heavy atom. The second-order valence-corrected chi connectivity index (χ2v) is 11.6. The maximum atomic E-state index is 11.4. The summed E-state index contributed by atoms with van der Waals surface area (Å²) in [6.45, 7) is 4.02. The van der Waals surface area contributed by atoms with Crippen LogP contribution in [0.5, 0.6) is 0 Å². The van der Waals surface area contributed by atoms with Crippen molar-refractivity contribution in [3.05, 3.63) is 22.1 Å².